The first-order chi connectivity index (χ1) is 10.5. The standard InChI is InChI=1S/C21H22O/c1-21(2,3)19-11-9-17-10-12-20(14-18(17)13-19)22-15-16-7-5-4-6-8-16/h4-14H,15H2,1-3H3. The molecule has 3 aromatic carbocycles. The smallest absolute Gasteiger partial charge is 0.120 e. The molecular weight excluding hydrogens is 268 g/mol. The van der Waals surface area contributed by atoms with Gasteiger partial charge in [-0.2, -0.15) is 0 Å². The van der Waals surface area contributed by atoms with E-state index in [2.05, 4.69) is 63.2 Å². The maximum absolute atomic E-state index is 5.93. The molecule has 22 heavy (non-hydrogen) atoms. The minimum absolute atomic E-state index is 0.162. The number of rotatable bonds is 3. The molecule has 0 heterocycles. The zero-order valence-electron chi connectivity index (χ0n) is 13.5. The van der Waals surface area contributed by atoms with Gasteiger partial charge in [-0.1, -0.05) is 75.4 Å². The van der Waals surface area contributed by atoms with Crippen molar-refractivity contribution in [2.45, 2.75) is 32.8 Å². The molecule has 0 bridgehead atoms. The van der Waals surface area contributed by atoms with Gasteiger partial charge >= 0.3 is 0 Å². The Kier molecular flexibility index (Phi) is 3.89. The Morgan fingerprint density at radius 2 is 1.50 bits per heavy atom. The third-order valence-corrected chi connectivity index (χ3v) is 3.93. The number of fused-ring (bicyclic) bond motifs is 1. The highest BCUT2D eigenvalue weighted by molar-refractivity contribution is 5.84. The van der Waals surface area contributed by atoms with Crippen LogP contribution in [0.1, 0.15) is 31.9 Å². The zero-order valence-corrected chi connectivity index (χ0v) is 13.5. The summed E-state index contributed by atoms with van der Waals surface area (Å²) < 4.78 is 5.93. The topological polar surface area (TPSA) is 9.23 Å². The van der Waals surface area contributed by atoms with E-state index >= 15 is 0 Å². The first-order valence-corrected chi connectivity index (χ1v) is 7.73. The highest BCUT2D eigenvalue weighted by atomic mass is 16.5. The summed E-state index contributed by atoms with van der Waals surface area (Å²) in [6, 6.07) is 23.2. The van der Waals surface area contributed by atoms with Crippen molar-refractivity contribution in [2.24, 2.45) is 0 Å². The van der Waals surface area contributed by atoms with Crippen LogP contribution in [0.5, 0.6) is 5.75 Å². The van der Waals surface area contributed by atoms with Crippen LogP contribution in [0.25, 0.3) is 10.8 Å². The summed E-state index contributed by atoms with van der Waals surface area (Å²) >= 11 is 0. The second kappa shape index (κ2) is 5.84. The summed E-state index contributed by atoms with van der Waals surface area (Å²) in [7, 11) is 0. The average Bonchev–Trinajstić information content (AvgIpc) is 2.52. The van der Waals surface area contributed by atoms with Gasteiger partial charge in [0, 0.05) is 0 Å². The Labute approximate surface area is 132 Å². The van der Waals surface area contributed by atoms with Crippen molar-refractivity contribution >= 4 is 10.8 Å². The van der Waals surface area contributed by atoms with Gasteiger partial charge in [0.2, 0.25) is 0 Å². The van der Waals surface area contributed by atoms with Gasteiger partial charge in [-0.15, -0.1) is 0 Å². The van der Waals surface area contributed by atoms with E-state index in [-0.39, 0.29) is 5.41 Å². The molecule has 0 aliphatic carbocycles. The molecule has 112 valence electrons. The molecule has 0 aliphatic rings. The quantitative estimate of drug-likeness (QED) is 0.599. The lowest BCUT2D eigenvalue weighted by Gasteiger charge is -2.19. The first-order valence-electron chi connectivity index (χ1n) is 7.73. The SMILES string of the molecule is CC(C)(C)c1ccc2ccc(OCc3ccccc3)cc2c1. The molecular formula is C21H22O. The van der Waals surface area contributed by atoms with E-state index in [0.717, 1.165) is 5.75 Å². The molecule has 0 aliphatic heterocycles. The normalized spacial score (nSPS) is 11.6. The number of hydrogen-bond acceptors (Lipinski definition) is 1. The Bertz CT molecular complexity index is 767. The van der Waals surface area contributed by atoms with Gasteiger partial charge in [0.25, 0.3) is 0 Å². The van der Waals surface area contributed by atoms with Crippen LogP contribution in [-0.4, -0.2) is 0 Å². The molecule has 0 atom stereocenters. The third kappa shape index (κ3) is 3.30. The molecule has 0 saturated heterocycles. The molecule has 0 radical (unpaired) electrons. The van der Waals surface area contributed by atoms with Crippen LogP contribution in [0, 0.1) is 0 Å². The molecule has 0 spiro atoms. The van der Waals surface area contributed by atoms with E-state index in [9.17, 15) is 0 Å². The lowest BCUT2D eigenvalue weighted by molar-refractivity contribution is 0.306. The van der Waals surface area contributed by atoms with Crippen molar-refractivity contribution in [3.8, 4) is 5.75 Å². The minimum Gasteiger partial charge on any atom is -0.489 e. The van der Waals surface area contributed by atoms with E-state index in [4.69, 9.17) is 4.74 Å². The molecule has 1 nitrogen and oxygen atoms in total. The first kappa shape index (κ1) is 14.6. The second-order valence-electron chi connectivity index (χ2n) is 6.75. The van der Waals surface area contributed by atoms with Crippen molar-refractivity contribution in [2.75, 3.05) is 0 Å². The largest absolute Gasteiger partial charge is 0.489 e. The number of benzene rings is 3. The predicted molar refractivity (Wildman–Crippen MR) is 93.4 cm³/mol. The fourth-order valence-corrected chi connectivity index (χ4v) is 2.52. The van der Waals surface area contributed by atoms with Crippen LogP contribution in [0.3, 0.4) is 0 Å². The van der Waals surface area contributed by atoms with Gasteiger partial charge in [0.1, 0.15) is 12.4 Å². The molecule has 1 heteroatoms. The summed E-state index contributed by atoms with van der Waals surface area (Å²) in [6.07, 6.45) is 0. The Morgan fingerprint density at radius 3 is 2.23 bits per heavy atom. The molecule has 0 amide bonds. The fraction of sp³-hybridized carbons (Fsp3) is 0.238. The monoisotopic (exact) mass is 290 g/mol. The molecule has 3 aromatic rings. The van der Waals surface area contributed by atoms with Crippen molar-refractivity contribution < 1.29 is 4.74 Å². The van der Waals surface area contributed by atoms with Gasteiger partial charge in [0.15, 0.2) is 0 Å². The summed E-state index contributed by atoms with van der Waals surface area (Å²) in [5, 5.41) is 2.48. The van der Waals surface area contributed by atoms with Crippen molar-refractivity contribution in [1.29, 1.82) is 0 Å². The number of hydrogen-bond donors (Lipinski definition) is 0. The number of ether oxygens (including phenoxy) is 1. The van der Waals surface area contributed by atoms with Gasteiger partial charge in [0.05, 0.1) is 0 Å². The lowest BCUT2D eigenvalue weighted by Crippen LogP contribution is -2.10. The predicted octanol–water partition coefficient (Wildman–Crippen LogP) is 5.72. The van der Waals surface area contributed by atoms with Gasteiger partial charge in [-0.05, 0) is 39.4 Å². The molecule has 0 unspecified atom stereocenters. The molecule has 0 fully saturated rings. The minimum atomic E-state index is 0.162. The molecule has 0 saturated carbocycles. The Hall–Kier alpha value is -2.28. The Balaban J connectivity index is 1.85. The second-order valence-corrected chi connectivity index (χ2v) is 6.75. The van der Waals surface area contributed by atoms with Crippen molar-refractivity contribution in [1.82, 2.24) is 0 Å². The van der Waals surface area contributed by atoms with Crippen molar-refractivity contribution in [3.05, 3.63) is 77.9 Å². The zero-order chi connectivity index (χ0) is 15.6. The summed E-state index contributed by atoms with van der Waals surface area (Å²) in [5.74, 6) is 0.919. The summed E-state index contributed by atoms with van der Waals surface area (Å²) in [4.78, 5) is 0. The maximum atomic E-state index is 5.93. The third-order valence-electron chi connectivity index (χ3n) is 3.93. The van der Waals surface area contributed by atoms with E-state index in [1.54, 1.807) is 0 Å². The van der Waals surface area contributed by atoms with Crippen LogP contribution < -0.4 is 4.74 Å². The van der Waals surface area contributed by atoms with Crippen LogP contribution in [-0.2, 0) is 12.0 Å². The van der Waals surface area contributed by atoms with E-state index in [0.29, 0.717) is 6.61 Å². The van der Waals surface area contributed by atoms with Gasteiger partial charge in [-0.25, -0.2) is 0 Å². The van der Waals surface area contributed by atoms with Crippen LogP contribution in [0.2, 0.25) is 0 Å². The highest BCUT2D eigenvalue weighted by Crippen LogP contribution is 2.28. The molecule has 3 rings (SSSR count). The van der Waals surface area contributed by atoms with E-state index < -0.39 is 0 Å². The summed E-state index contributed by atoms with van der Waals surface area (Å²) in [6.45, 7) is 7.32. The van der Waals surface area contributed by atoms with Crippen molar-refractivity contribution in [3.63, 3.8) is 0 Å². The Morgan fingerprint density at radius 1 is 0.773 bits per heavy atom. The summed E-state index contributed by atoms with van der Waals surface area (Å²) in [5.41, 5.74) is 2.70. The van der Waals surface area contributed by atoms with Crippen LogP contribution in [0.4, 0.5) is 0 Å². The van der Waals surface area contributed by atoms with E-state index in [1.807, 2.05) is 24.3 Å². The highest BCUT2D eigenvalue weighted by Gasteiger charge is 2.13. The molecule has 0 N–H and O–H groups in total. The maximum Gasteiger partial charge on any atom is 0.120 e. The van der Waals surface area contributed by atoms with Gasteiger partial charge in [-0.3, -0.25) is 0 Å². The molecule has 0 aromatic heterocycles. The van der Waals surface area contributed by atoms with Gasteiger partial charge < -0.3 is 4.74 Å². The average molecular weight is 290 g/mol. The lowest BCUT2D eigenvalue weighted by atomic mass is 9.86. The fourth-order valence-electron chi connectivity index (χ4n) is 2.52. The van der Waals surface area contributed by atoms with Crippen LogP contribution >= 0.6 is 0 Å². The van der Waals surface area contributed by atoms with Crippen LogP contribution in [0.15, 0.2) is 66.7 Å². The van der Waals surface area contributed by atoms with E-state index in [1.165, 1.54) is 21.9 Å².